The second kappa shape index (κ2) is 9.14. The minimum Gasteiger partial charge on any atom is -0.465 e. The molecule has 34 heavy (non-hydrogen) atoms. The number of benzene rings is 2. The van der Waals surface area contributed by atoms with Crippen LogP contribution in [0, 0.1) is 6.92 Å². The lowest BCUT2D eigenvalue weighted by Crippen LogP contribution is -2.14. The topological polar surface area (TPSA) is 112 Å². The number of anilines is 1. The Hall–Kier alpha value is -3.92. The number of methoxy groups -OCH3 is 1. The molecule has 4 rings (SSSR count). The minimum absolute atomic E-state index is 0.0157. The summed E-state index contributed by atoms with van der Waals surface area (Å²) in [6, 6.07) is 14.3. The van der Waals surface area contributed by atoms with Crippen molar-refractivity contribution in [3.63, 3.8) is 0 Å². The van der Waals surface area contributed by atoms with Crippen LogP contribution >= 0.6 is 11.5 Å². The smallest absolute Gasteiger partial charge is 0.337 e. The van der Waals surface area contributed by atoms with Crippen molar-refractivity contribution in [3.8, 4) is 17.2 Å². The normalized spacial score (nSPS) is 11.3. The summed E-state index contributed by atoms with van der Waals surface area (Å²) in [4.78, 5) is 28.7. The van der Waals surface area contributed by atoms with Gasteiger partial charge in [0.05, 0.1) is 24.1 Å². The third-order valence-electron chi connectivity index (χ3n) is 5.30. The predicted molar refractivity (Wildman–Crippen MR) is 129 cm³/mol. The lowest BCUT2D eigenvalue weighted by molar-refractivity contribution is 0.0600. The molecule has 1 N–H and O–H groups in total. The van der Waals surface area contributed by atoms with E-state index in [9.17, 15) is 9.59 Å². The van der Waals surface area contributed by atoms with Crippen molar-refractivity contribution < 1.29 is 14.3 Å². The van der Waals surface area contributed by atoms with Crippen molar-refractivity contribution >= 4 is 28.5 Å². The van der Waals surface area contributed by atoms with Gasteiger partial charge in [-0.25, -0.2) is 9.48 Å². The van der Waals surface area contributed by atoms with Gasteiger partial charge in [0.15, 0.2) is 11.5 Å². The Bertz CT molecular complexity index is 1330. The van der Waals surface area contributed by atoms with Crippen LogP contribution < -0.4 is 5.32 Å². The lowest BCUT2D eigenvalue weighted by atomic mass is 9.87. The van der Waals surface area contributed by atoms with Gasteiger partial charge in [-0.3, -0.25) is 10.1 Å². The first kappa shape index (κ1) is 23.2. The molecule has 0 saturated carbocycles. The Balaban J connectivity index is 1.50. The lowest BCUT2D eigenvalue weighted by Gasteiger charge is -2.18. The fourth-order valence-corrected chi connectivity index (χ4v) is 3.86. The summed E-state index contributed by atoms with van der Waals surface area (Å²) in [6.45, 7) is 8.22. The molecule has 0 saturated heterocycles. The van der Waals surface area contributed by atoms with Crippen molar-refractivity contribution in [1.82, 2.24) is 24.4 Å². The highest BCUT2D eigenvalue weighted by molar-refractivity contribution is 7.10. The second-order valence-corrected chi connectivity index (χ2v) is 9.43. The number of nitrogens with zero attached hydrogens (tertiary/aromatic N) is 5. The summed E-state index contributed by atoms with van der Waals surface area (Å²) in [5, 5.41) is 11.6. The molecule has 0 bridgehead atoms. The number of hydrogen-bond donors (Lipinski definition) is 1. The van der Waals surface area contributed by atoms with Gasteiger partial charge in [0.1, 0.15) is 0 Å². The minimum atomic E-state index is -0.408. The van der Waals surface area contributed by atoms with Gasteiger partial charge in [-0.15, -0.1) is 5.10 Å². The van der Waals surface area contributed by atoms with Crippen molar-refractivity contribution in [2.75, 3.05) is 12.4 Å². The fourth-order valence-electron chi connectivity index (χ4n) is 3.30. The van der Waals surface area contributed by atoms with E-state index in [2.05, 4.69) is 45.8 Å². The van der Waals surface area contributed by atoms with E-state index in [-0.39, 0.29) is 11.3 Å². The second-order valence-electron chi connectivity index (χ2n) is 8.68. The van der Waals surface area contributed by atoms with Gasteiger partial charge in [0.25, 0.3) is 5.91 Å². The number of hydrogen-bond acceptors (Lipinski definition) is 8. The Morgan fingerprint density at radius 3 is 2.26 bits per heavy atom. The molecule has 0 spiro atoms. The van der Waals surface area contributed by atoms with Crippen LogP contribution in [0.25, 0.3) is 17.2 Å². The molecule has 0 aliphatic carbocycles. The van der Waals surface area contributed by atoms with Gasteiger partial charge in [-0.05, 0) is 54.3 Å². The van der Waals surface area contributed by atoms with Crippen LogP contribution in [0.1, 0.15) is 52.7 Å². The SMILES string of the molecule is COC(=O)c1ccc(-n2nnc(-c3nsc(NC(=O)c4ccc(C(C)(C)C)cc4)n3)c2C)cc1. The zero-order valence-corrected chi connectivity index (χ0v) is 20.3. The van der Waals surface area contributed by atoms with Crippen LogP contribution in [-0.2, 0) is 10.2 Å². The summed E-state index contributed by atoms with van der Waals surface area (Å²) in [5.74, 6) is -0.290. The third-order valence-corrected chi connectivity index (χ3v) is 5.93. The highest BCUT2D eigenvalue weighted by Gasteiger charge is 2.19. The molecule has 2 aromatic carbocycles. The van der Waals surface area contributed by atoms with E-state index in [4.69, 9.17) is 4.74 Å². The molecular weight excluding hydrogens is 452 g/mol. The van der Waals surface area contributed by atoms with Crippen LogP contribution in [0.4, 0.5) is 5.13 Å². The van der Waals surface area contributed by atoms with Gasteiger partial charge in [-0.1, -0.05) is 38.1 Å². The van der Waals surface area contributed by atoms with E-state index in [1.54, 1.807) is 41.1 Å². The maximum atomic E-state index is 12.6. The molecule has 4 aromatic rings. The molecule has 1 amide bonds. The fraction of sp³-hybridized carbons (Fsp3) is 0.250. The van der Waals surface area contributed by atoms with Crippen LogP contribution in [0.3, 0.4) is 0 Å². The van der Waals surface area contributed by atoms with E-state index in [1.807, 2.05) is 19.1 Å². The molecule has 10 heteroatoms. The number of carbonyl (C=O) groups excluding carboxylic acids is 2. The van der Waals surface area contributed by atoms with Crippen molar-refractivity contribution in [3.05, 3.63) is 70.9 Å². The maximum absolute atomic E-state index is 12.6. The number of ether oxygens (including phenoxy) is 1. The van der Waals surface area contributed by atoms with E-state index in [1.165, 1.54) is 7.11 Å². The van der Waals surface area contributed by atoms with Gasteiger partial charge in [-0.2, -0.15) is 9.36 Å². The third kappa shape index (κ3) is 4.72. The molecule has 0 fully saturated rings. The molecule has 0 radical (unpaired) electrons. The van der Waals surface area contributed by atoms with Crippen molar-refractivity contribution in [1.29, 1.82) is 0 Å². The first-order valence-electron chi connectivity index (χ1n) is 10.5. The summed E-state index contributed by atoms with van der Waals surface area (Å²) >= 11 is 1.07. The standard InChI is InChI=1S/C24H24N6O3S/c1-14-19(27-29-30(14)18-12-8-16(9-13-18)22(32)33-5)20-25-23(34-28-20)26-21(31)15-6-10-17(11-7-15)24(2,3)4/h6-13H,1-5H3,(H,25,26,28,31). The number of nitrogens with one attached hydrogen (secondary N) is 1. The summed E-state index contributed by atoms with van der Waals surface area (Å²) in [5.41, 5.74) is 4.11. The molecule has 2 aromatic heterocycles. The van der Waals surface area contributed by atoms with Gasteiger partial charge in [0.2, 0.25) is 5.13 Å². The molecule has 0 atom stereocenters. The molecule has 9 nitrogen and oxygen atoms in total. The number of aromatic nitrogens is 5. The summed E-state index contributed by atoms with van der Waals surface area (Å²) in [6.07, 6.45) is 0. The van der Waals surface area contributed by atoms with Crippen LogP contribution in [0.5, 0.6) is 0 Å². The van der Waals surface area contributed by atoms with Crippen molar-refractivity contribution in [2.45, 2.75) is 33.1 Å². The van der Waals surface area contributed by atoms with Gasteiger partial charge in [0, 0.05) is 17.1 Å². The molecule has 174 valence electrons. The van der Waals surface area contributed by atoms with E-state index in [0.717, 1.165) is 28.5 Å². The van der Waals surface area contributed by atoms with E-state index in [0.29, 0.717) is 27.8 Å². The monoisotopic (exact) mass is 476 g/mol. The average molecular weight is 477 g/mol. The number of amides is 1. The zero-order valence-electron chi connectivity index (χ0n) is 19.5. The van der Waals surface area contributed by atoms with E-state index < -0.39 is 5.97 Å². The predicted octanol–water partition coefficient (Wildman–Crippen LogP) is 4.43. The average Bonchev–Trinajstić information content (AvgIpc) is 3.44. The highest BCUT2D eigenvalue weighted by atomic mass is 32.1. The summed E-state index contributed by atoms with van der Waals surface area (Å²) < 4.78 is 10.7. The van der Waals surface area contributed by atoms with Gasteiger partial charge >= 0.3 is 5.97 Å². The first-order chi connectivity index (χ1) is 16.2. The Morgan fingerprint density at radius 2 is 1.65 bits per heavy atom. The molecule has 0 aliphatic heterocycles. The molecule has 0 aliphatic rings. The molecule has 2 heterocycles. The van der Waals surface area contributed by atoms with Crippen LogP contribution in [0.15, 0.2) is 48.5 Å². The summed E-state index contributed by atoms with van der Waals surface area (Å²) in [7, 11) is 1.34. The Labute approximate surface area is 201 Å². The number of carbonyl (C=O) groups is 2. The maximum Gasteiger partial charge on any atom is 0.337 e. The van der Waals surface area contributed by atoms with Gasteiger partial charge < -0.3 is 4.74 Å². The van der Waals surface area contributed by atoms with Crippen LogP contribution in [0.2, 0.25) is 0 Å². The Kier molecular flexibility index (Phi) is 6.25. The largest absolute Gasteiger partial charge is 0.465 e. The number of esters is 1. The highest BCUT2D eigenvalue weighted by Crippen LogP contribution is 2.25. The quantitative estimate of drug-likeness (QED) is 0.424. The number of rotatable bonds is 5. The molecule has 0 unspecified atom stereocenters. The van der Waals surface area contributed by atoms with E-state index >= 15 is 0 Å². The van der Waals surface area contributed by atoms with Crippen molar-refractivity contribution in [2.24, 2.45) is 0 Å². The zero-order chi connectivity index (χ0) is 24.5. The Morgan fingerprint density at radius 1 is 1.00 bits per heavy atom. The van der Waals surface area contributed by atoms with Crippen LogP contribution in [-0.4, -0.2) is 43.3 Å². The molecular formula is C24H24N6O3S. The first-order valence-corrected chi connectivity index (χ1v) is 11.3.